The molecule has 0 fully saturated rings. The second-order valence-electron chi connectivity index (χ2n) is 6.81. The maximum atomic E-state index is 13.1. The third-order valence-corrected chi connectivity index (χ3v) is 4.71. The second kappa shape index (κ2) is 10.0. The molecule has 0 atom stereocenters. The molecule has 2 amide bonds. The number of benzene rings is 3. The number of nitrogens with zero attached hydrogens (tertiary/aromatic N) is 1. The number of methoxy groups -OCH3 is 1. The molecule has 32 heavy (non-hydrogen) atoms. The van der Waals surface area contributed by atoms with Crippen LogP contribution < -0.4 is 15.4 Å². The number of non-ortho nitro benzene ring substituents is 1. The average molecular weight is 431 g/mol. The summed E-state index contributed by atoms with van der Waals surface area (Å²) in [7, 11) is 1.54. The number of carbonyl (C=O) groups excluding carboxylic acids is 2. The van der Waals surface area contributed by atoms with Crippen molar-refractivity contribution in [2.45, 2.75) is 6.92 Å². The highest BCUT2D eigenvalue weighted by atomic mass is 16.6. The van der Waals surface area contributed by atoms with Gasteiger partial charge in [-0.15, -0.1) is 0 Å². The minimum Gasteiger partial charge on any atom is -0.497 e. The van der Waals surface area contributed by atoms with Crippen LogP contribution in [0.1, 0.15) is 22.8 Å². The molecule has 162 valence electrons. The molecule has 0 saturated heterocycles. The summed E-state index contributed by atoms with van der Waals surface area (Å²) in [5, 5.41) is 16.6. The molecule has 0 heterocycles. The number of amides is 2. The number of rotatable bonds is 7. The highest BCUT2D eigenvalue weighted by Crippen LogP contribution is 2.23. The van der Waals surface area contributed by atoms with Crippen LogP contribution in [0.3, 0.4) is 0 Å². The van der Waals surface area contributed by atoms with Gasteiger partial charge in [-0.2, -0.15) is 0 Å². The first kappa shape index (κ1) is 22.2. The minimum atomic E-state index is -0.566. The van der Waals surface area contributed by atoms with E-state index in [0.29, 0.717) is 28.1 Å². The second-order valence-corrected chi connectivity index (χ2v) is 6.81. The third-order valence-electron chi connectivity index (χ3n) is 4.71. The van der Waals surface area contributed by atoms with Crippen molar-refractivity contribution in [2.24, 2.45) is 0 Å². The number of allylic oxidation sites excluding steroid dienone is 1. The van der Waals surface area contributed by atoms with Gasteiger partial charge < -0.3 is 15.4 Å². The van der Waals surface area contributed by atoms with Gasteiger partial charge in [-0.3, -0.25) is 19.7 Å². The zero-order chi connectivity index (χ0) is 23.1. The van der Waals surface area contributed by atoms with Crippen molar-refractivity contribution in [1.82, 2.24) is 5.32 Å². The molecule has 0 aliphatic rings. The van der Waals surface area contributed by atoms with Crippen LogP contribution in [0.5, 0.6) is 5.75 Å². The largest absolute Gasteiger partial charge is 0.497 e. The number of nitro benzene ring substituents is 1. The van der Waals surface area contributed by atoms with Crippen molar-refractivity contribution in [3.8, 4) is 5.75 Å². The molecule has 0 bridgehead atoms. The maximum absolute atomic E-state index is 13.1. The van der Waals surface area contributed by atoms with Gasteiger partial charge in [0.15, 0.2) is 0 Å². The van der Waals surface area contributed by atoms with Gasteiger partial charge in [-0.05, 0) is 54.5 Å². The fourth-order valence-electron chi connectivity index (χ4n) is 2.96. The number of nitrogens with one attached hydrogen (secondary N) is 2. The predicted octanol–water partition coefficient (Wildman–Crippen LogP) is 4.40. The topological polar surface area (TPSA) is 111 Å². The first-order valence-corrected chi connectivity index (χ1v) is 9.66. The molecule has 0 saturated carbocycles. The average Bonchev–Trinajstić information content (AvgIpc) is 2.83. The molecule has 0 aliphatic heterocycles. The Labute approximate surface area is 184 Å². The van der Waals surface area contributed by atoms with Gasteiger partial charge in [0.2, 0.25) is 0 Å². The third kappa shape index (κ3) is 5.37. The Morgan fingerprint density at radius 2 is 1.56 bits per heavy atom. The first-order chi connectivity index (χ1) is 15.4. The summed E-state index contributed by atoms with van der Waals surface area (Å²) in [6.07, 6.45) is 0. The van der Waals surface area contributed by atoms with Gasteiger partial charge in [-0.1, -0.05) is 30.3 Å². The lowest BCUT2D eigenvalue weighted by atomic mass is 10.0. The molecule has 8 heteroatoms. The van der Waals surface area contributed by atoms with E-state index in [1.54, 1.807) is 67.6 Å². The lowest BCUT2D eigenvalue weighted by Gasteiger charge is -2.15. The number of hydrogen-bond acceptors (Lipinski definition) is 5. The molecule has 0 unspecified atom stereocenters. The Bertz CT molecular complexity index is 1170. The normalized spacial score (nSPS) is 11.2. The van der Waals surface area contributed by atoms with Crippen LogP contribution in [-0.2, 0) is 4.79 Å². The number of carbonyl (C=O) groups is 2. The molecule has 3 aromatic carbocycles. The number of hydrogen-bond donors (Lipinski definition) is 2. The van der Waals surface area contributed by atoms with Crippen molar-refractivity contribution >= 4 is 28.8 Å². The van der Waals surface area contributed by atoms with Crippen molar-refractivity contribution < 1.29 is 19.2 Å². The van der Waals surface area contributed by atoms with E-state index in [-0.39, 0.29) is 11.4 Å². The highest BCUT2D eigenvalue weighted by molar-refractivity contribution is 6.12. The van der Waals surface area contributed by atoms with Crippen LogP contribution in [-0.4, -0.2) is 23.8 Å². The fourth-order valence-corrected chi connectivity index (χ4v) is 2.96. The number of ether oxygens (including phenoxy) is 1. The van der Waals surface area contributed by atoms with Crippen LogP contribution in [0.4, 0.5) is 11.4 Å². The summed E-state index contributed by atoms with van der Waals surface area (Å²) in [5.74, 6) is -0.414. The molecular weight excluding hydrogens is 410 g/mol. The molecule has 0 spiro atoms. The van der Waals surface area contributed by atoms with Gasteiger partial charge in [0.1, 0.15) is 11.4 Å². The molecule has 2 N–H and O–H groups in total. The van der Waals surface area contributed by atoms with Crippen molar-refractivity contribution in [2.75, 3.05) is 12.4 Å². The summed E-state index contributed by atoms with van der Waals surface area (Å²) < 4.78 is 5.12. The minimum absolute atomic E-state index is 0.0184. The summed E-state index contributed by atoms with van der Waals surface area (Å²) >= 11 is 0. The van der Waals surface area contributed by atoms with E-state index in [1.807, 2.05) is 0 Å². The van der Waals surface area contributed by atoms with Crippen LogP contribution in [0.15, 0.2) is 84.6 Å². The Kier molecular flexibility index (Phi) is 6.97. The van der Waals surface area contributed by atoms with Crippen LogP contribution in [0.25, 0.3) is 5.57 Å². The Balaban J connectivity index is 1.98. The number of anilines is 1. The molecule has 3 aromatic rings. The zero-order valence-corrected chi connectivity index (χ0v) is 17.5. The maximum Gasteiger partial charge on any atom is 0.272 e. The highest BCUT2D eigenvalue weighted by Gasteiger charge is 2.19. The molecule has 0 radical (unpaired) electrons. The van der Waals surface area contributed by atoms with Crippen LogP contribution >= 0.6 is 0 Å². The lowest BCUT2D eigenvalue weighted by Crippen LogP contribution is -2.31. The quantitative estimate of drug-likeness (QED) is 0.327. The SMILES string of the molecule is COc1ccc(NC(=O)/C(NC(=O)c2ccccc2)=C(\C)c2cccc([N+](=O)[O-])c2)cc1. The Morgan fingerprint density at radius 3 is 2.19 bits per heavy atom. The molecule has 8 nitrogen and oxygen atoms in total. The van der Waals surface area contributed by atoms with Gasteiger partial charge in [0.25, 0.3) is 17.5 Å². The van der Waals surface area contributed by atoms with Gasteiger partial charge in [-0.25, -0.2) is 0 Å². The molecule has 0 aliphatic carbocycles. The van der Waals surface area contributed by atoms with E-state index in [9.17, 15) is 19.7 Å². The molecule has 3 rings (SSSR count). The summed E-state index contributed by atoms with van der Waals surface area (Å²) in [6, 6.07) is 21.0. The van der Waals surface area contributed by atoms with E-state index >= 15 is 0 Å². The van der Waals surface area contributed by atoms with E-state index < -0.39 is 16.7 Å². The number of nitro groups is 1. The fraction of sp³-hybridized carbons (Fsp3) is 0.0833. The monoisotopic (exact) mass is 431 g/mol. The Morgan fingerprint density at radius 1 is 0.906 bits per heavy atom. The summed E-state index contributed by atoms with van der Waals surface area (Å²) in [4.78, 5) is 36.5. The van der Waals surface area contributed by atoms with Gasteiger partial charge in [0, 0.05) is 23.4 Å². The van der Waals surface area contributed by atoms with Crippen molar-refractivity contribution in [3.63, 3.8) is 0 Å². The van der Waals surface area contributed by atoms with Crippen LogP contribution in [0.2, 0.25) is 0 Å². The lowest BCUT2D eigenvalue weighted by molar-refractivity contribution is -0.384. The van der Waals surface area contributed by atoms with E-state index in [4.69, 9.17) is 4.74 Å². The van der Waals surface area contributed by atoms with E-state index in [2.05, 4.69) is 10.6 Å². The zero-order valence-electron chi connectivity index (χ0n) is 17.5. The summed E-state index contributed by atoms with van der Waals surface area (Å²) in [5.41, 5.74) is 1.54. The van der Waals surface area contributed by atoms with E-state index in [1.165, 1.54) is 25.3 Å². The van der Waals surface area contributed by atoms with Crippen molar-refractivity contribution in [1.29, 1.82) is 0 Å². The first-order valence-electron chi connectivity index (χ1n) is 9.66. The van der Waals surface area contributed by atoms with Gasteiger partial charge >= 0.3 is 0 Å². The smallest absolute Gasteiger partial charge is 0.272 e. The van der Waals surface area contributed by atoms with E-state index in [0.717, 1.165) is 0 Å². The predicted molar refractivity (Wildman–Crippen MR) is 121 cm³/mol. The van der Waals surface area contributed by atoms with Crippen molar-refractivity contribution in [3.05, 3.63) is 106 Å². The summed E-state index contributed by atoms with van der Waals surface area (Å²) in [6.45, 7) is 1.62. The van der Waals surface area contributed by atoms with Crippen LogP contribution in [0, 0.1) is 10.1 Å². The molecule has 0 aromatic heterocycles. The molecular formula is C24H21N3O5. The van der Waals surface area contributed by atoms with Gasteiger partial charge in [0.05, 0.1) is 12.0 Å². The standard InChI is InChI=1S/C24H21N3O5/c1-16(18-9-6-10-20(15-18)27(30)31)22(26-23(28)17-7-4-3-5-8-17)24(29)25-19-11-13-21(32-2)14-12-19/h3-15H,1-2H3,(H,25,29)(H,26,28)/b22-16-. The Hall–Kier alpha value is -4.46.